The molecular formula is C15H15Cl3N2O. The van der Waals surface area contributed by atoms with Crippen LogP contribution in [0.15, 0.2) is 30.3 Å². The summed E-state index contributed by atoms with van der Waals surface area (Å²) in [5.41, 5.74) is 0.804. The number of halogens is 3. The fourth-order valence-corrected chi connectivity index (χ4v) is 2.27. The van der Waals surface area contributed by atoms with Crippen molar-refractivity contribution in [1.29, 1.82) is 0 Å². The van der Waals surface area contributed by atoms with Crippen LogP contribution in [0.4, 0.5) is 5.82 Å². The molecule has 21 heavy (non-hydrogen) atoms. The molecule has 0 saturated heterocycles. The number of nitrogens with one attached hydrogen (secondary N) is 1. The molecule has 0 aliphatic heterocycles. The van der Waals surface area contributed by atoms with Crippen molar-refractivity contribution >= 4 is 40.6 Å². The Morgan fingerprint density at radius 3 is 2.62 bits per heavy atom. The highest BCUT2D eigenvalue weighted by Crippen LogP contribution is 2.34. The number of ether oxygens (including phenoxy) is 1. The van der Waals surface area contributed by atoms with Crippen molar-refractivity contribution in [3.05, 3.63) is 51.1 Å². The first-order chi connectivity index (χ1) is 10.1. The van der Waals surface area contributed by atoms with Gasteiger partial charge in [0.05, 0.1) is 20.8 Å². The topological polar surface area (TPSA) is 34.1 Å². The Balaban J connectivity index is 2.04. The predicted octanol–water partition coefficient (Wildman–Crippen LogP) is 5.44. The number of hydrogen-bond donors (Lipinski definition) is 1. The minimum absolute atomic E-state index is 0.305. The molecular weight excluding hydrogens is 331 g/mol. The number of pyridine rings is 1. The van der Waals surface area contributed by atoms with Crippen LogP contribution in [0.25, 0.3) is 0 Å². The van der Waals surface area contributed by atoms with Crippen LogP contribution in [0.1, 0.15) is 19.0 Å². The first-order valence-corrected chi connectivity index (χ1v) is 7.70. The fraction of sp³-hybridized carbons (Fsp3) is 0.267. The van der Waals surface area contributed by atoms with Gasteiger partial charge < -0.3 is 10.1 Å². The molecule has 0 aliphatic carbocycles. The molecule has 0 aliphatic rings. The van der Waals surface area contributed by atoms with Gasteiger partial charge in [-0.05, 0) is 24.6 Å². The van der Waals surface area contributed by atoms with E-state index in [1.54, 1.807) is 12.1 Å². The van der Waals surface area contributed by atoms with E-state index >= 15 is 0 Å². The summed E-state index contributed by atoms with van der Waals surface area (Å²) in [6.07, 6.45) is 1.04. The first kappa shape index (κ1) is 16.2. The Morgan fingerprint density at radius 1 is 1.10 bits per heavy atom. The molecule has 0 spiro atoms. The monoisotopic (exact) mass is 344 g/mol. The van der Waals surface area contributed by atoms with Crippen LogP contribution >= 0.6 is 34.8 Å². The molecule has 0 saturated carbocycles. The SMILES string of the molecule is CCCNc1cccc(COc2cc(Cl)c(Cl)cc2Cl)n1. The average Bonchev–Trinajstić information content (AvgIpc) is 2.48. The van der Waals surface area contributed by atoms with Crippen molar-refractivity contribution < 1.29 is 4.74 Å². The summed E-state index contributed by atoms with van der Waals surface area (Å²) in [5, 5.41) is 4.46. The van der Waals surface area contributed by atoms with Gasteiger partial charge in [0.2, 0.25) is 0 Å². The van der Waals surface area contributed by atoms with E-state index < -0.39 is 0 Å². The molecule has 1 heterocycles. The highest BCUT2D eigenvalue weighted by Gasteiger charge is 2.08. The summed E-state index contributed by atoms with van der Waals surface area (Å²) >= 11 is 17.9. The van der Waals surface area contributed by atoms with Crippen molar-refractivity contribution in [1.82, 2.24) is 4.98 Å². The quantitative estimate of drug-likeness (QED) is 0.708. The zero-order chi connectivity index (χ0) is 15.2. The molecule has 1 aromatic carbocycles. The van der Waals surface area contributed by atoms with Crippen LogP contribution in [0.2, 0.25) is 15.1 Å². The van der Waals surface area contributed by atoms with E-state index in [9.17, 15) is 0 Å². The predicted molar refractivity (Wildman–Crippen MR) is 88.8 cm³/mol. The Bertz CT molecular complexity index is 620. The van der Waals surface area contributed by atoms with Gasteiger partial charge in [0, 0.05) is 12.6 Å². The maximum Gasteiger partial charge on any atom is 0.140 e. The van der Waals surface area contributed by atoms with Crippen molar-refractivity contribution in [2.24, 2.45) is 0 Å². The Hall–Kier alpha value is -1.16. The third kappa shape index (κ3) is 4.67. The summed E-state index contributed by atoms with van der Waals surface area (Å²) in [6.45, 7) is 3.29. The number of benzene rings is 1. The second-order valence-corrected chi connectivity index (χ2v) is 5.65. The largest absolute Gasteiger partial charge is 0.486 e. The number of aromatic nitrogens is 1. The minimum Gasteiger partial charge on any atom is -0.486 e. The lowest BCUT2D eigenvalue weighted by Crippen LogP contribution is -2.05. The van der Waals surface area contributed by atoms with E-state index in [0.717, 1.165) is 24.5 Å². The van der Waals surface area contributed by atoms with Gasteiger partial charge in [-0.15, -0.1) is 0 Å². The maximum absolute atomic E-state index is 6.07. The van der Waals surface area contributed by atoms with E-state index in [0.29, 0.717) is 27.4 Å². The molecule has 2 aromatic rings. The van der Waals surface area contributed by atoms with Crippen LogP contribution in [0, 0.1) is 0 Å². The van der Waals surface area contributed by atoms with Crippen LogP contribution in [0.5, 0.6) is 5.75 Å². The Morgan fingerprint density at radius 2 is 1.86 bits per heavy atom. The molecule has 2 rings (SSSR count). The fourth-order valence-electron chi connectivity index (χ4n) is 1.68. The molecule has 0 unspecified atom stereocenters. The minimum atomic E-state index is 0.305. The highest BCUT2D eigenvalue weighted by molar-refractivity contribution is 6.43. The third-order valence-corrected chi connectivity index (χ3v) is 3.73. The number of hydrogen-bond acceptors (Lipinski definition) is 3. The Labute approximate surface area is 139 Å². The highest BCUT2D eigenvalue weighted by atomic mass is 35.5. The third-order valence-electron chi connectivity index (χ3n) is 2.71. The standard InChI is InChI=1S/C15H15Cl3N2O/c1-2-6-19-15-5-3-4-10(20-15)9-21-14-8-12(17)11(16)7-13(14)18/h3-5,7-8H,2,6,9H2,1H3,(H,19,20). The molecule has 1 aromatic heterocycles. The molecule has 0 amide bonds. The number of nitrogens with zero attached hydrogens (tertiary/aromatic N) is 1. The molecule has 6 heteroatoms. The normalized spacial score (nSPS) is 10.5. The summed E-state index contributed by atoms with van der Waals surface area (Å²) < 4.78 is 5.65. The zero-order valence-corrected chi connectivity index (χ0v) is 13.8. The van der Waals surface area contributed by atoms with E-state index in [1.807, 2.05) is 18.2 Å². The van der Waals surface area contributed by atoms with E-state index in [-0.39, 0.29) is 0 Å². The number of rotatable bonds is 6. The van der Waals surface area contributed by atoms with Crippen molar-refractivity contribution in [2.75, 3.05) is 11.9 Å². The molecule has 0 bridgehead atoms. The van der Waals surface area contributed by atoms with E-state index in [1.165, 1.54) is 0 Å². The van der Waals surface area contributed by atoms with Crippen LogP contribution < -0.4 is 10.1 Å². The van der Waals surface area contributed by atoms with Crippen LogP contribution in [-0.4, -0.2) is 11.5 Å². The molecule has 0 radical (unpaired) electrons. The van der Waals surface area contributed by atoms with Crippen LogP contribution in [-0.2, 0) is 6.61 Å². The van der Waals surface area contributed by atoms with Gasteiger partial charge >= 0.3 is 0 Å². The molecule has 0 fully saturated rings. The maximum atomic E-state index is 6.07. The smallest absolute Gasteiger partial charge is 0.140 e. The van der Waals surface area contributed by atoms with Gasteiger partial charge in [-0.3, -0.25) is 0 Å². The molecule has 1 N–H and O–H groups in total. The van der Waals surface area contributed by atoms with Gasteiger partial charge in [0.25, 0.3) is 0 Å². The van der Waals surface area contributed by atoms with Gasteiger partial charge in [-0.1, -0.05) is 47.8 Å². The van der Waals surface area contributed by atoms with Crippen molar-refractivity contribution in [2.45, 2.75) is 20.0 Å². The molecule has 112 valence electrons. The lowest BCUT2D eigenvalue weighted by atomic mass is 10.3. The average molecular weight is 346 g/mol. The van der Waals surface area contributed by atoms with E-state index in [4.69, 9.17) is 39.5 Å². The van der Waals surface area contributed by atoms with Gasteiger partial charge in [0.15, 0.2) is 0 Å². The van der Waals surface area contributed by atoms with Crippen molar-refractivity contribution in [3.63, 3.8) is 0 Å². The molecule has 3 nitrogen and oxygen atoms in total. The number of anilines is 1. The Kier molecular flexibility index (Phi) is 5.97. The van der Waals surface area contributed by atoms with Gasteiger partial charge in [-0.25, -0.2) is 4.98 Å². The van der Waals surface area contributed by atoms with Crippen molar-refractivity contribution in [3.8, 4) is 5.75 Å². The lowest BCUT2D eigenvalue weighted by Gasteiger charge is -2.10. The van der Waals surface area contributed by atoms with E-state index in [2.05, 4.69) is 17.2 Å². The lowest BCUT2D eigenvalue weighted by molar-refractivity contribution is 0.301. The summed E-state index contributed by atoms with van der Waals surface area (Å²) in [5.74, 6) is 1.32. The second kappa shape index (κ2) is 7.74. The summed E-state index contributed by atoms with van der Waals surface area (Å²) in [6, 6.07) is 8.91. The zero-order valence-electron chi connectivity index (χ0n) is 11.5. The first-order valence-electron chi connectivity index (χ1n) is 6.57. The van der Waals surface area contributed by atoms with Crippen LogP contribution in [0.3, 0.4) is 0 Å². The summed E-state index contributed by atoms with van der Waals surface area (Å²) in [7, 11) is 0. The summed E-state index contributed by atoms with van der Waals surface area (Å²) in [4.78, 5) is 4.46. The molecule has 0 atom stereocenters. The van der Waals surface area contributed by atoms with Gasteiger partial charge in [-0.2, -0.15) is 0 Å². The second-order valence-electron chi connectivity index (χ2n) is 4.43. The van der Waals surface area contributed by atoms with Gasteiger partial charge in [0.1, 0.15) is 18.2 Å².